The van der Waals surface area contributed by atoms with Gasteiger partial charge in [0.15, 0.2) is 11.4 Å². The van der Waals surface area contributed by atoms with E-state index in [4.69, 9.17) is 23.2 Å². The molecule has 1 heterocycles. The molecule has 1 rings (SSSR count). The average Bonchev–Trinajstić information content (AvgIpc) is 2.12. The number of rotatable bonds is 1. The summed E-state index contributed by atoms with van der Waals surface area (Å²) in [6, 6.07) is 0. The predicted octanol–water partition coefficient (Wildman–Crippen LogP) is 2.26. The first-order chi connectivity index (χ1) is 4.25. The fourth-order valence-corrected chi connectivity index (χ4v) is 1.44. The third-order valence-electron chi connectivity index (χ3n) is 0.758. The van der Waals surface area contributed by atoms with Crippen molar-refractivity contribution in [1.29, 1.82) is 0 Å². The van der Waals surface area contributed by atoms with Crippen molar-refractivity contribution in [1.82, 2.24) is 4.37 Å². The van der Waals surface area contributed by atoms with Gasteiger partial charge in [-0.05, 0) is 11.5 Å². The van der Waals surface area contributed by atoms with Crippen molar-refractivity contribution in [3.8, 4) is 0 Å². The standard InChI is InChI=1S/C4HCl2NOS/c5-3-2(1-8)4(6)9-7-3/h1H. The molecule has 0 aliphatic rings. The highest BCUT2D eigenvalue weighted by Crippen LogP contribution is 2.25. The molecule has 1 aromatic heterocycles. The van der Waals surface area contributed by atoms with Crippen molar-refractivity contribution >= 4 is 41.0 Å². The summed E-state index contributed by atoms with van der Waals surface area (Å²) < 4.78 is 3.97. The first kappa shape index (κ1) is 6.99. The SMILES string of the molecule is O=Cc1c(Cl)nsc1Cl. The maximum Gasteiger partial charge on any atom is 0.155 e. The molecule has 9 heavy (non-hydrogen) atoms. The molecule has 0 atom stereocenters. The van der Waals surface area contributed by atoms with Crippen LogP contribution in [0.2, 0.25) is 9.49 Å². The molecule has 1 aromatic rings. The molecule has 0 fully saturated rings. The van der Waals surface area contributed by atoms with Crippen molar-refractivity contribution in [2.75, 3.05) is 0 Å². The molecule has 0 aromatic carbocycles. The minimum atomic E-state index is 0.181. The number of carbonyl (C=O) groups excluding carboxylic acids is 1. The van der Waals surface area contributed by atoms with E-state index < -0.39 is 0 Å². The van der Waals surface area contributed by atoms with Crippen LogP contribution in [0.5, 0.6) is 0 Å². The molecule has 2 nitrogen and oxygen atoms in total. The Morgan fingerprint density at radius 3 is 2.44 bits per heavy atom. The topological polar surface area (TPSA) is 30.0 Å². The summed E-state index contributed by atoms with van der Waals surface area (Å²) in [4.78, 5) is 10.1. The molecule has 5 heteroatoms. The molecule has 0 amide bonds. The van der Waals surface area contributed by atoms with E-state index in [1.54, 1.807) is 0 Å². The first-order valence-electron chi connectivity index (χ1n) is 2.01. The number of halogens is 2. The van der Waals surface area contributed by atoms with Crippen LogP contribution in [0, 0.1) is 0 Å². The van der Waals surface area contributed by atoms with Gasteiger partial charge in [0.25, 0.3) is 0 Å². The summed E-state index contributed by atoms with van der Waals surface area (Å²) in [7, 11) is 0. The zero-order chi connectivity index (χ0) is 6.85. The van der Waals surface area contributed by atoms with Gasteiger partial charge in [0, 0.05) is 0 Å². The number of aromatic nitrogens is 1. The third-order valence-corrected chi connectivity index (χ3v) is 2.21. The molecule has 0 radical (unpaired) electrons. The van der Waals surface area contributed by atoms with E-state index in [1.807, 2.05) is 0 Å². The van der Waals surface area contributed by atoms with Gasteiger partial charge in [0.2, 0.25) is 0 Å². The van der Waals surface area contributed by atoms with Gasteiger partial charge < -0.3 is 0 Å². The summed E-state index contributed by atoms with van der Waals surface area (Å²) in [6.07, 6.45) is 0.591. The minimum absolute atomic E-state index is 0.181. The Morgan fingerprint density at radius 1 is 1.56 bits per heavy atom. The number of hydrogen-bond acceptors (Lipinski definition) is 3. The van der Waals surface area contributed by atoms with Crippen molar-refractivity contribution in [3.05, 3.63) is 15.1 Å². The number of carbonyl (C=O) groups is 1. The Bertz CT molecular complexity index is 215. The first-order valence-corrected chi connectivity index (χ1v) is 3.54. The molecular weight excluding hydrogens is 181 g/mol. The van der Waals surface area contributed by atoms with Gasteiger partial charge >= 0.3 is 0 Å². The zero-order valence-electron chi connectivity index (χ0n) is 4.10. The second kappa shape index (κ2) is 2.64. The Hall–Kier alpha value is -0.120. The molecule has 0 unspecified atom stereocenters. The Kier molecular flexibility index (Phi) is 2.05. The lowest BCUT2D eigenvalue weighted by Gasteiger charge is -1.78. The zero-order valence-corrected chi connectivity index (χ0v) is 6.43. The van der Waals surface area contributed by atoms with Crippen LogP contribution in [0.4, 0.5) is 0 Å². The van der Waals surface area contributed by atoms with Gasteiger partial charge in [-0.3, -0.25) is 4.79 Å². The number of nitrogens with zero attached hydrogens (tertiary/aromatic N) is 1. The van der Waals surface area contributed by atoms with Gasteiger partial charge in [-0.15, -0.1) is 0 Å². The summed E-state index contributed by atoms with van der Waals surface area (Å²) in [5.74, 6) is 0. The highest BCUT2D eigenvalue weighted by Gasteiger charge is 2.07. The fourth-order valence-electron chi connectivity index (χ4n) is 0.355. The van der Waals surface area contributed by atoms with E-state index in [-0.39, 0.29) is 10.7 Å². The van der Waals surface area contributed by atoms with Crippen molar-refractivity contribution in [2.24, 2.45) is 0 Å². The lowest BCUT2D eigenvalue weighted by atomic mass is 10.4. The van der Waals surface area contributed by atoms with Crippen molar-refractivity contribution < 1.29 is 4.79 Å². The number of hydrogen-bond donors (Lipinski definition) is 0. The van der Waals surface area contributed by atoms with Crippen molar-refractivity contribution in [3.63, 3.8) is 0 Å². The van der Waals surface area contributed by atoms with E-state index in [9.17, 15) is 4.79 Å². The molecule has 0 bridgehead atoms. The average molecular weight is 182 g/mol. The fraction of sp³-hybridized carbons (Fsp3) is 0. The van der Waals surface area contributed by atoms with Crippen LogP contribution in [-0.4, -0.2) is 10.7 Å². The van der Waals surface area contributed by atoms with Crippen LogP contribution < -0.4 is 0 Å². The predicted molar refractivity (Wildman–Crippen MR) is 37.5 cm³/mol. The molecule has 0 saturated carbocycles. The largest absolute Gasteiger partial charge is 0.298 e. The molecule has 0 aliphatic carbocycles. The van der Waals surface area contributed by atoms with E-state index in [2.05, 4.69) is 4.37 Å². The molecule has 0 spiro atoms. The lowest BCUT2D eigenvalue weighted by Crippen LogP contribution is -1.74. The molecule has 0 N–H and O–H groups in total. The quantitative estimate of drug-likeness (QED) is 0.623. The minimum Gasteiger partial charge on any atom is -0.298 e. The van der Waals surface area contributed by atoms with E-state index in [1.165, 1.54) is 0 Å². The molecule has 0 saturated heterocycles. The third kappa shape index (κ3) is 1.23. The van der Waals surface area contributed by atoms with Gasteiger partial charge in [-0.25, -0.2) is 0 Å². The molecule has 48 valence electrons. The summed E-state index contributed by atoms with van der Waals surface area (Å²) >= 11 is 11.9. The second-order valence-corrected chi connectivity index (χ2v) is 3.01. The maximum atomic E-state index is 10.1. The van der Waals surface area contributed by atoms with Crippen molar-refractivity contribution in [2.45, 2.75) is 0 Å². The van der Waals surface area contributed by atoms with Gasteiger partial charge in [-0.2, -0.15) is 4.37 Å². The Morgan fingerprint density at radius 2 is 2.22 bits per heavy atom. The summed E-state index contributed by atoms with van der Waals surface area (Å²) in [5, 5.41) is 0.181. The normalized spacial score (nSPS) is 9.56. The lowest BCUT2D eigenvalue weighted by molar-refractivity contribution is 0.112. The molecular formula is C4HCl2NOS. The van der Waals surface area contributed by atoms with E-state index >= 15 is 0 Å². The maximum absolute atomic E-state index is 10.1. The van der Waals surface area contributed by atoms with Crippen LogP contribution in [0.1, 0.15) is 10.4 Å². The molecule has 0 aliphatic heterocycles. The van der Waals surface area contributed by atoms with Gasteiger partial charge in [-0.1, -0.05) is 23.2 Å². The highest BCUT2D eigenvalue weighted by molar-refractivity contribution is 7.11. The monoisotopic (exact) mass is 181 g/mol. The highest BCUT2D eigenvalue weighted by atomic mass is 35.5. The Balaban J connectivity index is 3.22. The van der Waals surface area contributed by atoms with Gasteiger partial charge in [0.05, 0.1) is 5.56 Å². The van der Waals surface area contributed by atoms with Crippen LogP contribution in [0.3, 0.4) is 0 Å². The smallest absolute Gasteiger partial charge is 0.155 e. The van der Waals surface area contributed by atoms with Crippen LogP contribution in [0.25, 0.3) is 0 Å². The van der Waals surface area contributed by atoms with E-state index in [0.717, 1.165) is 11.5 Å². The van der Waals surface area contributed by atoms with Crippen LogP contribution >= 0.6 is 34.7 Å². The summed E-state index contributed by atoms with van der Waals surface area (Å²) in [6.45, 7) is 0. The van der Waals surface area contributed by atoms with Crippen LogP contribution in [0.15, 0.2) is 0 Å². The Labute approximate surface area is 65.6 Å². The van der Waals surface area contributed by atoms with Gasteiger partial charge in [0.1, 0.15) is 4.34 Å². The number of aldehydes is 1. The van der Waals surface area contributed by atoms with Crippen LogP contribution in [-0.2, 0) is 0 Å². The second-order valence-electron chi connectivity index (χ2n) is 1.28. The van der Waals surface area contributed by atoms with E-state index in [0.29, 0.717) is 10.6 Å². The summed E-state index contributed by atoms with van der Waals surface area (Å²) in [5.41, 5.74) is 0.281.